The van der Waals surface area contributed by atoms with Crippen LogP contribution in [0.1, 0.15) is 71.1 Å². The highest BCUT2D eigenvalue weighted by Crippen LogP contribution is 2.33. The third-order valence-electron chi connectivity index (χ3n) is 4.87. The van der Waals surface area contributed by atoms with Gasteiger partial charge in [0, 0.05) is 18.8 Å². The first-order valence-corrected chi connectivity index (χ1v) is 9.69. The second-order valence-corrected chi connectivity index (χ2v) is 6.90. The molecule has 0 radical (unpaired) electrons. The third-order valence-corrected chi connectivity index (χ3v) is 4.87. The zero-order valence-electron chi connectivity index (χ0n) is 15.8. The Kier molecular flexibility index (Phi) is 11.1. The molecule has 0 aromatic heterocycles. The monoisotopic (exact) mass is 350 g/mol. The highest BCUT2D eigenvalue weighted by Gasteiger charge is 2.31. The highest BCUT2D eigenvalue weighted by molar-refractivity contribution is 5.83. The van der Waals surface area contributed by atoms with Gasteiger partial charge in [-0.05, 0) is 38.0 Å². The van der Waals surface area contributed by atoms with Gasteiger partial charge in [0.05, 0.1) is 13.2 Å². The summed E-state index contributed by atoms with van der Waals surface area (Å²) >= 11 is 0. The van der Waals surface area contributed by atoms with Gasteiger partial charge in [0.2, 0.25) is 0 Å². The maximum Gasteiger partial charge on any atom is 0.305 e. The van der Waals surface area contributed by atoms with Crippen molar-refractivity contribution in [2.24, 2.45) is 11.8 Å². The molecule has 0 aromatic rings. The lowest BCUT2D eigenvalue weighted by Crippen LogP contribution is -2.13. The molecule has 1 aliphatic rings. The van der Waals surface area contributed by atoms with Gasteiger partial charge >= 0.3 is 5.97 Å². The summed E-state index contributed by atoms with van der Waals surface area (Å²) in [4.78, 5) is 23.1. The quantitative estimate of drug-likeness (QED) is 0.322. The molecule has 142 valence electrons. The van der Waals surface area contributed by atoms with Gasteiger partial charge in [0.15, 0.2) is 0 Å². The van der Waals surface area contributed by atoms with Gasteiger partial charge in [-0.15, -0.1) is 0 Å². The van der Waals surface area contributed by atoms with Crippen LogP contribution in [0.15, 0.2) is 24.3 Å². The lowest BCUT2D eigenvalue weighted by molar-refractivity contribution is -0.140. The van der Waals surface area contributed by atoms with Gasteiger partial charge < -0.3 is 9.84 Å². The average molecular weight is 350 g/mol. The number of methoxy groups -OCH3 is 1. The standard InChI is InChI=1S/C21H34O4/c1-3-4-7-10-18(22)15-13-17-14-16-20(23)19(17)11-8-5-6-9-12-21(24)25-2/h5,8,13,15,17-19,22H,3-4,6-7,9-12,14,16H2,1-2H3/t17-,18?,19+/m0/s1. The minimum atomic E-state index is -0.392. The molecule has 4 heteroatoms. The fraction of sp³-hybridized carbons (Fsp3) is 0.714. The Bertz CT molecular complexity index is 453. The number of carbonyl (C=O) groups is 2. The lowest BCUT2D eigenvalue weighted by Gasteiger charge is -2.13. The molecule has 1 rings (SSSR count). The fourth-order valence-corrected chi connectivity index (χ4v) is 3.27. The SMILES string of the molecule is CCCCCC(O)C=C[C@H]1CCC(=O)[C@@H]1CC=CCCCC(=O)OC. The molecular weight excluding hydrogens is 316 g/mol. The van der Waals surface area contributed by atoms with Gasteiger partial charge in [-0.25, -0.2) is 0 Å². The normalized spacial score (nSPS) is 22.1. The molecule has 1 unspecified atom stereocenters. The third kappa shape index (κ3) is 9.01. The Hall–Kier alpha value is -1.42. The van der Waals surface area contributed by atoms with E-state index in [1.807, 2.05) is 6.08 Å². The lowest BCUT2D eigenvalue weighted by atomic mass is 9.91. The summed E-state index contributed by atoms with van der Waals surface area (Å²) in [6.45, 7) is 2.15. The second kappa shape index (κ2) is 12.9. The van der Waals surface area contributed by atoms with Crippen LogP contribution >= 0.6 is 0 Å². The van der Waals surface area contributed by atoms with Crippen LogP contribution in [0.4, 0.5) is 0 Å². The Labute approximate surface area is 152 Å². The van der Waals surface area contributed by atoms with Gasteiger partial charge in [-0.2, -0.15) is 0 Å². The van der Waals surface area contributed by atoms with Crippen molar-refractivity contribution in [1.29, 1.82) is 0 Å². The number of hydrogen-bond acceptors (Lipinski definition) is 4. The smallest absolute Gasteiger partial charge is 0.305 e. The minimum absolute atomic E-state index is 0.0379. The molecule has 0 aromatic carbocycles. The summed E-state index contributed by atoms with van der Waals surface area (Å²) in [7, 11) is 1.40. The molecule has 4 nitrogen and oxygen atoms in total. The number of Topliss-reactive ketones (excluding diaryl/α,β-unsaturated/α-hetero) is 1. The number of carbonyl (C=O) groups excluding carboxylic acids is 2. The predicted octanol–water partition coefficient (Wildman–Crippen LogP) is 4.37. The summed E-state index contributed by atoms with van der Waals surface area (Å²) in [6, 6.07) is 0. The van der Waals surface area contributed by atoms with E-state index in [-0.39, 0.29) is 17.8 Å². The van der Waals surface area contributed by atoms with E-state index in [1.165, 1.54) is 7.11 Å². The van der Waals surface area contributed by atoms with Crippen molar-refractivity contribution in [1.82, 2.24) is 0 Å². The molecule has 1 fully saturated rings. The topological polar surface area (TPSA) is 63.6 Å². The molecule has 0 saturated heterocycles. The van der Waals surface area contributed by atoms with Gasteiger partial charge in [0.1, 0.15) is 5.78 Å². The van der Waals surface area contributed by atoms with Crippen molar-refractivity contribution in [2.45, 2.75) is 77.2 Å². The van der Waals surface area contributed by atoms with Gasteiger partial charge in [-0.1, -0.05) is 50.5 Å². The first-order valence-electron chi connectivity index (χ1n) is 9.69. The Morgan fingerprint density at radius 2 is 2.12 bits per heavy atom. The van der Waals surface area contributed by atoms with Crippen LogP contribution < -0.4 is 0 Å². The molecule has 3 atom stereocenters. The maximum absolute atomic E-state index is 12.1. The number of unbranched alkanes of at least 4 members (excludes halogenated alkanes) is 3. The van der Waals surface area contributed by atoms with E-state index >= 15 is 0 Å². The van der Waals surface area contributed by atoms with Crippen LogP contribution in [0.5, 0.6) is 0 Å². The number of aliphatic hydroxyl groups is 1. The summed E-state index contributed by atoms with van der Waals surface area (Å²) in [5.41, 5.74) is 0. The Morgan fingerprint density at radius 3 is 2.84 bits per heavy atom. The molecule has 1 N–H and O–H groups in total. The van der Waals surface area contributed by atoms with Crippen LogP contribution in [0.3, 0.4) is 0 Å². The largest absolute Gasteiger partial charge is 0.469 e. The fourth-order valence-electron chi connectivity index (χ4n) is 3.27. The molecular formula is C21H34O4. The number of allylic oxidation sites excluding steroid dienone is 3. The summed E-state index contributed by atoms with van der Waals surface area (Å²) in [6.07, 6.45) is 16.1. The molecule has 0 amide bonds. The number of esters is 1. The molecule has 0 spiro atoms. The minimum Gasteiger partial charge on any atom is -0.469 e. The van der Waals surface area contributed by atoms with Crippen LogP contribution in [-0.4, -0.2) is 30.1 Å². The molecule has 25 heavy (non-hydrogen) atoms. The van der Waals surface area contributed by atoms with Crippen LogP contribution in [0.25, 0.3) is 0 Å². The van der Waals surface area contributed by atoms with Crippen LogP contribution in [0, 0.1) is 11.8 Å². The van der Waals surface area contributed by atoms with E-state index in [1.54, 1.807) is 0 Å². The predicted molar refractivity (Wildman–Crippen MR) is 100 cm³/mol. The van der Waals surface area contributed by atoms with Crippen molar-refractivity contribution in [3.8, 4) is 0 Å². The van der Waals surface area contributed by atoms with Crippen molar-refractivity contribution >= 4 is 11.8 Å². The zero-order chi connectivity index (χ0) is 18.5. The Balaban J connectivity index is 2.35. The van der Waals surface area contributed by atoms with E-state index in [0.717, 1.165) is 51.4 Å². The maximum atomic E-state index is 12.1. The van der Waals surface area contributed by atoms with E-state index in [9.17, 15) is 14.7 Å². The second-order valence-electron chi connectivity index (χ2n) is 6.90. The molecule has 0 aliphatic heterocycles. The first-order chi connectivity index (χ1) is 12.1. The number of ketones is 1. The van der Waals surface area contributed by atoms with Gasteiger partial charge in [-0.3, -0.25) is 9.59 Å². The first kappa shape index (κ1) is 21.6. The van der Waals surface area contributed by atoms with Crippen molar-refractivity contribution in [2.75, 3.05) is 7.11 Å². The summed E-state index contributed by atoms with van der Waals surface area (Å²) in [5, 5.41) is 10.0. The van der Waals surface area contributed by atoms with E-state index in [2.05, 4.69) is 29.9 Å². The molecule has 0 heterocycles. The van der Waals surface area contributed by atoms with Crippen LogP contribution in [0.2, 0.25) is 0 Å². The van der Waals surface area contributed by atoms with Crippen LogP contribution in [-0.2, 0) is 14.3 Å². The van der Waals surface area contributed by atoms with Crippen molar-refractivity contribution in [3.63, 3.8) is 0 Å². The van der Waals surface area contributed by atoms with E-state index in [0.29, 0.717) is 18.6 Å². The summed E-state index contributed by atoms with van der Waals surface area (Å²) in [5.74, 6) is 0.431. The number of hydrogen-bond donors (Lipinski definition) is 1. The molecule has 1 saturated carbocycles. The van der Waals surface area contributed by atoms with Crippen molar-refractivity contribution < 1.29 is 19.4 Å². The summed E-state index contributed by atoms with van der Waals surface area (Å²) < 4.78 is 4.61. The van der Waals surface area contributed by atoms with Crippen molar-refractivity contribution in [3.05, 3.63) is 24.3 Å². The number of aliphatic hydroxyl groups excluding tert-OH is 1. The number of ether oxygens (including phenoxy) is 1. The highest BCUT2D eigenvalue weighted by atomic mass is 16.5. The Morgan fingerprint density at radius 1 is 1.32 bits per heavy atom. The number of rotatable bonds is 12. The molecule has 0 bridgehead atoms. The zero-order valence-corrected chi connectivity index (χ0v) is 15.8. The van der Waals surface area contributed by atoms with Gasteiger partial charge in [0.25, 0.3) is 0 Å². The van der Waals surface area contributed by atoms with E-state index < -0.39 is 6.10 Å². The van der Waals surface area contributed by atoms with E-state index in [4.69, 9.17) is 0 Å². The average Bonchev–Trinajstić information content (AvgIpc) is 2.96. The molecule has 1 aliphatic carbocycles.